The zero-order valence-corrected chi connectivity index (χ0v) is 11.2. The van der Waals surface area contributed by atoms with Gasteiger partial charge in [-0.2, -0.15) is 0 Å². The van der Waals surface area contributed by atoms with Crippen LogP contribution in [0.4, 0.5) is 0 Å². The van der Waals surface area contributed by atoms with E-state index in [9.17, 15) is 0 Å². The predicted molar refractivity (Wildman–Crippen MR) is 68.8 cm³/mol. The van der Waals surface area contributed by atoms with Crippen molar-refractivity contribution >= 4 is 0 Å². The standard InChI is InChI=1S/C13H28N2O/c1-12(2)11-15(9-10-16-3)13-5-4-7-14-8-6-13/h12-14H,4-11H2,1-3H3. The van der Waals surface area contributed by atoms with Crippen molar-refractivity contribution in [3.8, 4) is 0 Å². The molecule has 16 heavy (non-hydrogen) atoms. The molecule has 0 bridgehead atoms. The Kier molecular flexibility index (Phi) is 7.01. The lowest BCUT2D eigenvalue weighted by molar-refractivity contribution is 0.104. The third kappa shape index (κ3) is 5.28. The Morgan fingerprint density at radius 3 is 2.81 bits per heavy atom. The molecule has 0 radical (unpaired) electrons. The van der Waals surface area contributed by atoms with Gasteiger partial charge in [0.15, 0.2) is 0 Å². The first-order valence-corrected chi connectivity index (χ1v) is 6.67. The molecular formula is C13H28N2O. The van der Waals surface area contributed by atoms with Gasteiger partial charge in [0.1, 0.15) is 0 Å². The molecule has 1 aliphatic heterocycles. The van der Waals surface area contributed by atoms with Gasteiger partial charge in [-0.15, -0.1) is 0 Å². The summed E-state index contributed by atoms with van der Waals surface area (Å²) in [6, 6.07) is 0.757. The fourth-order valence-electron chi connectivity index (χ4n) is 2.47. The third-order valence-electron chi connectivity index (χ3n) is 3.24. The van der Waals surface area contributed by atoms with E-state index in [1.807, 2.05) is 0 Å². The van der Waals surface area contributed by atoms with E-state index in [2.05, 4.69) is 24.1 Å². The van der Waals surface area contributed by atoms with Crippen LogP contribution in [0.25, 0.3) is 0 Å². The van der Waals surface area contributed by atoms with Crippen LogP contribution >= 0.6 is 0 Å². The average Bonchev–Trinajstić information content (AvgIpc) is 2.52. The molecule has 0 saturated carbocycles. The summed E-state index contributed by atoms with van der Waals surface area (Å²) in [4.78, 5) is 2.63. The summed E-state index contributed by atoms with van der Waals surface area (Å²) in [5.41, 5.74) is 0. The van der Waals surface area contributed by atoms with Crippen molar-refractivity contribution in [3.05, 3.63) is 0 Å². The fourth-order valence-corrected chi connectivity index (χ4v) is 2.47. The number of hydrogen-bond donors (Lipinski definition) is 1. The smallest absolute Gasteiger partial charge is 0.0589 e. The van der Waals surface area contributed by atoms with Gasteiger partial charge in [-0.25, -0.2) is 0 Å². The number of methoxy groups -OCH3 is 1. The summed E-state index contributed by atoms with van der Waals surface area (Å²) in [7, 11) is 1.79. The molecule has 1 heterocycles. The van der Waals surface area contributed by atoms with E-state index in [0.29, 0.717) is 0 Å². The summed E-state index contributed by atoms with van der Waals surface area (Å²) >= 11 is 0. The second kappa shape index (κ2) is 8.04. The minimum atomic E-state index is 0.744. The summed E-state index contributed by atoms with van der Waals surface area (Å²) in [5, 5.41) is 3.48. The molecule has 3 heteroatoms. The van der Waals surface area contributed by atoms with Crippen molar-refractivity contribution in [2.24, 2.45) is 5.92 Å². The van der Waals surface area contributed by atoms with E-state index in [-0.39, 0.29) is 0 Å². The highest BCUT2D eigenvalue weighted by atomic mass is 16.5. The van der Waals surface area contributed by atoms with Crippen LogP contribution in [0.15, 0.2) is 0 Å². The van der Waals surface area contributed by atoms with Crippen molar-refractivity contribution < 1.29 is 4.74 Å². The first-order valence-electron chi connectivity index (χ1n) is 6.67. The zero-order valence-electron chi connectivity index (χ0n) is 11.2. The predicted octanol–water partition coefficient (Wildman–Crippen LogP) is 1.73. The molecule has 0 aromatic heterocycles. The molecule has 0 aliphatic carbocycles. The number of ether oxygens (including phenoxy) is 1. The molecule has 1 atom stereocenters. The molecular weight excluding hydrogens is 200 g/mol. The van der Waals surface area contributed by atoms with Crippen LogP contribution in [0.3, 0.4) is 0 Å². The van der Waals surface area contributed by atoms with E-state index in [1.165, 1.54) is 38.9 Å². The highest BCUT2D eigenvalue weighted by Crippen LogP contribution is 2.15. The summed E-state index contributed by atoms with van der Waals surface area (Å²) in [5.74, 6) is 0.744. The van der Waals surface area contributed by atoms with E-state index >= 15 is 0 Å². The molecule has 1 unspecified atom stereocenters. The van der Waals surface area contributed by atoms with E-state index in [1.54, 1.807) is 7.11 Å². The SMILES string of the molecule is COCCN(CC(C)C)C1CCCNCC1. The van der Waals surface area contributed by atoms with Gasteiger partial charge in [-0.3, -0.25) is 4.90 Å². The lowest BCUT2D eigenvalue weighted by Crippen LogP contribution is -2.40. The van der Waals surface area contributed by atoms with Gasteiger partial charge in [0, 0.05) is 26.2 Å². The molecule has 1 aliphatic rings. The largest absolute Gasteiger partial charge is 0.383 e. The quantitative estimate of drug-likeness (QED) is 0.749. The third-order valence-corrected chi connectivity index (χ3v) is 3.24. The van der Waals surface area contributed by atoms with Crippen LogP contribution in [0, 0.1) is 5.92 Å². The van der Waals surface area contributed by atoms with Gasteiger partial charge in [0.05, 0.1) is 6.61 Å². The lowest BCUT2D eigenvalue weighted by Gasteiger charge is -2.32. The molecule has 1 rings (SSSR count). The molecule has 1 fully saturated rings. The summed E-state index contributed by atoms with van der Waals surface area (Å²) in [6.07, 6.45) is 3.94. The molecule has 0 amide bonds. The minimum absolute atomic E-state index is 0.744. The summed E-state index contributed by atoms with van der Waals surface area (Å²) < 4.78 is 5.22. The topological polar surface area (TPSA) is 24.5 Å². The zero-order chi connectivity index (χ0) is 11.8. The Balaban J connectivity index is 2.43. The number of nitrogens with zero attached hydrogens (tertiary/aromatic N) is 1. The summed E-state index contributed by atoms with van der Waals surface area (Å²) in [6.45, 7) is 10.1. The minimum Gasteiger partial charge on any atom is -0.383 e. The van der Waals surface area contributed by atoms with Crippen molar-refractivity contribution in [1.29, 1.82) is 0 Å². The maximum absolute atomic E-state index is 5.22. The Morgan fingerprint density at radius 1 is 1.31 bits per heavy atom. The van der Waals surface area contributed by atoms with Crippen LogP contribution in [-0.4, -0.2) is 50.8 Å². The lowest BCUT2D eigenvalue weighted by atomic mass is 10.1. The Bertz CT molecular complexity index is 165. The molecule has 0 aromatic rings. The molecule has 0 spiro atoms. The Hall–Kier alpha value is -0.120. The number of hydrogen-bond acceptors (Lipinski definition) is 3. The monoisotopic (exact) mass is 228 g/mol. The van der Waals surface area contributed by atoms with Crippen molar-refractivity contribution in [2.45, 2.75) is 39.2 Å². The highest BCUT2D eigenvalue weighted by molar-refractivity contribution is 4.76. The van der Waals surface area contributed by atoms with E-state index < -0.39 is 0 Å². The van der Waals surface area contributed by atoms with Gasteiger partial charge in [0.25, 0.3) is 0 Å². The molecule has 3 nitrogen and oxygen atoms in total. The van der Waals surface area contributed by atoms with Crippen LogP contribution < -0.4 is 5.32 Å². The maximum atomic E-state index is 5.22. The van der Waals surface area contributed by atoms with Crippen LogP contribution in [0.2, 0.25) is 0 Å². The Labute approximate surface area is 101 Å². The van der Waals surface area contributed by atoms with Crippen LogP contribution in [-0.2, 0) is 4.74 Å². The van der Waals surface area contributed by atoms with Crippen LogP contribution in [0.5, 0.6) is 0 Å². The molecule has 0 aromatic carbocycles. The van der Waals surface area contributed by atoms with Gasteiger partial charge in [-0.05, 0) is 38.3 Å². The maximum Gasteiger partial charge on any atom is 0.0589 e. The fraction of sp³-hybridized carbons (Fsp3) is 1.00. The highest BCUT2D eigenvalue weighted by Gasteiger charge is 2.20. The Morgan fingerprint density at radius 2 is 2.12 bits per heavy atom. The number of nitrogens with one attached hydrogen (secondary N) is 1. The van der Waals surface area contributed by atoms with Gasteiger partial charge in [0.2, 0.25) is 0 Å². The number of rotatable bonds is 6. The van der Waals surface area contributed by atoms with E-state index in [4.69, 9.17) is 4.74 Å². The first-order chi connectivity index (χ1) is 7.74. The van der Waals surface area contributed by atoms with E-state index in [0.717, 1.165) is 25.1 Å². The second-order valence-electron chi connectivity index (χ2n) is 5.22. The van der Waals surface area contributed by atoms with Crippen molar-refractivity contribution in [1.82, 2.24) is 10.2 Å². The average molecular weight is 228 g/mol. The van der Waals surface area contributed by atoms with Crippen molar-refractivity contribution in [3.63, 3.8) is 0 Å². The molecule has 1 N–H and O–H groups in total. The normalized spacial score (nSPS) is 22.7. The van der Waals surface area contributed by atoms with Crippen molar-refractivity contribution in [2.75, 3.05) is 39.9 Å². The second-order valence-corrected chi connectivity index (χ2v) is 5.22. The van der Waals surface area contributed by atoms with Gasteiger partial charge in [-0.1, -0.05) is 13.8 Å². The first kappa shape index (κ1) is 13.9. The van der Waals surface area contributed by atoms with Gasteiger partial charge < -0.3 is 10.1 Å². The van der Waals surface area contributed by atoms with Crippen LogP contribution in [0.1, 0.15) is 33.1 Å². The van der Waals surface area contributed by atoms with Gasteiger partial charge >= 0.3 is 0 Å². The molecule has 96 valence electrons. The molecule has 1 saturated heterocycles.